The molecule has 200 valence electrons. The Balaban J connectivity index is 1.75. The van der Waals surface area contributed by atoms with E-state index in [1.165, 1.54) is 12.8 Å². The maximum absolute atomic E-state index is 10.9. The fourth-order valence-corrected chi connectivity index (χ4v) is 4.87. The third-order valence-electron chi connectivity index (χ3n) is 6.21. The average Bonchev–Trinajstić information content (AvgIpc) is 2.86. The molecule has 6 heteroatoms. The minimum atomic E-state index is -3.83. The second kappa shape index (κ2) is 18.2. The Morgan fingerprint density at radius 3 is 1.69 bits per heavy atom. The SMILES string of the molecule is C=CCCCCCCOc1cccc(OCCCCCCCCCCP(=O)(O)O)c1-c1ccccc1. The van der Waals surface area contributed by atoms with Crippen LogP contribution in [0.25, 0.3) is 11.1 Å². The van der Waals surface area contributed by atoms with Gasteiger partial charge in [-0.3, -0.25) is 4.57 Å². The lowest BCUT2D eigenvalue weighted by atomic mass is 10.0. The van der Waals surface area contributed by atoms with Gasteiger partial charge in [0.15, 0.2) is 0 Å². The van der Waals surface area contributed by atoms with E-state index in [4.69, 9.17) is 19.3 Å². The van der Waals surface area contributed by atoms with Gasteiger partial charge in [-0.15, -0.1) is 6.58 Å². The highest BCUT2D eigenvalue weighted by Crippen LogP contribution is 2.39. The van der Waals surface area contributed by atoms with Gasteiger partial charge >= 0.3 is 7.60 Å². The molecule has 0 heterocycles. The Bertz CT molecular complexity index is 893. The molecule has 36 heavy (non-hydrogen) atoms. The number of ether oxygens (including phenoxy) is 2. The van der Waals surface area contributed by atoms with E-state index in [1.807, 2.05) is 42.5 Å². The molecule has 0 spiro atoms. The third kappa shape index (κ3) is 13.3. The van der Waals surface area contributed by atoms with Gasteiger partial charge in [-0.05, 0) is 49.8 Å². The van der Waals surface area contributed by atoms with Gasteiger partial charge in [0.2, 0.25) is 0 Å². The van der Waals surface area contributed by atoms with E-state index in [1.54, 1.807) is 0 Å². The van der Waals surface area contributed by atoms with Gasteiger partial charge in [-0.2, -0.15) is 0 Å². The van der Waals surface area contributed by atoms with Gasteiger partial charge in [-0.1, -0.05) is 93.8 Å². The summed E-state index contributed by atoms with van der Waals surface area (Å²) in [5, 5.41) is 0. The first-order valence-electron chi connectivity index (χ1n) is 13.6. The lowest BCUT2D eigenvalue weighted by Gasteiger charge is -2.17. The van der Waals surface area contributed by atoms with Crippen LogP contribution in [0.4, 0.5) is 0 Å². The topological polar surface area (TPSA) is 76.0 Å². The van der Waals surface area contributed by atoms with Crippen molar-refractivity contribution >= 4 is 7.60 Å². The summed E-state index contributed by atoms with van der Waals surface area (Å²) < 4.78 is 23.3. The summed E-state index contributed by atoms with van der Waals surface area (Å²) in [4.78, 5) is 17.8. The molecule has 0 saturated heterocycles. The van der Waals surface area contributed by atoms with Gasteiger partial charge in [0.1, 0.15) is 11.5 Å². The molecule has 0 fully saturated rings. The largest absolute Gasteiger partial charge is 0.493 e. The lowest BCUT2D eigenvalue weighted by Crippen LogP contribution is -2.03. The van der Waals surface area contributed by atoms with Crippen LogP contribution in [-0.2, 0) is 4.57 Å². The molecule has 0 atom stereocenters. The lowest BCUT2D eigenvalue weighted by molar-refractivity contribution is 0.292. The molecule has 0 saturated carbocycles. The summed E-state index contributed by atoms with van der Waals surface area (Å²) in [6, 6.07) is 16.4. The predicted octanol–water partition coefficient (Wildman–Crippen LogP) is 8.55. The van der Waals surface area contributed by atoms with E-state index in [9.17, 15) is 4.57 Å². The Morgan fingerprint density at radius 2 is 1.17 bits per heavy atom. The van der Waals surface area contributed by atoms with Gasteiger partial charge in [-0.25, -0.2) is 0 Å². The molecule has 0 bridgehead atoms. The molecule has 2 aromatic carbocycles. The third-order valence-corrected chi connectivity index (χ3v) is 7.11. The number of benzene rings is 2. The van der Waals surface area contributed by atoms with E-state index < -0.39 is 7.60 Å². The zero-order valence-corrected chi connectivity index (χ0v) is 22.7. The van der Waals surface area contributed by atoms with Crippen LogP contribution in [0.5, 0.6) is 11.5 Å². The molecule has 0 unspecified atom stereocenters. The number of rotatable bonds is 21. The van der Waals surface area contributed by atoms with Crippen LogP contribution in [0.3, 0.4) is 0 Å². The monoisotopic (exact) mass is 516 g/mol. The summed E-state index contributed by atoms with van der Waals surface area (Å²) in [5.41, 5.74) is 2.13. The van der Waals surface area contributed by atoms with Crippen LogP contribution >= 0.6 is 7.60 Å². The maximum atomic E-state index is 10.9. The minimum Gasteiger partial charge on any atom is -0.493 e. The van der Waals surface area contributed by atoms with Gasteiger partial charge < -0.3 is 19.3 Å². The zero-order valence-electron chi connectivity index (χ0n) is 21.8. The molecular formula is C30H45O5P. The highest BCUT2D eigenvalue weighted by molar-refractivity contribution is 7.51. The van der Waals surface area contributed by atoms with Gasteiger partial charge in [0, 0.05) is 6.16 Å². The summed E-state index contributed by atoms with van der Waals surface area (Å²) in [6.45, 7) is 5.16. The Hall–Kier alpha value is -2.07. The molecule has 2 aromatic rings. The molecular weight excluding hydrogens is 471 g/mol. The second-order valence-corrected chi connectivity index (χ2v) is 11.2. The van der Waals surface area contributed by atoms with E-state index in [0.29, 0.717) is 19.6 Å². The number of hydrogen-bond donors (Lipinski definition) is 2. The van der Waals surface area contributed by atoms with Crippen molar-refractivity contribution in [3.63, 3.8) is 0 Å². The van der Waals surface area contributed by atoms with Crippen molar-refractivity contribution in [2.45, 2.75) is 83.5 Å². The van der Waals surface area contributed by atoms with Crippen LogP contribution in [0.1, 0.15) is 83.5 Å². The molecule has 0 aromatic heterocycles. The van der Waals surface area contributed by atoms with Crippen molar-refractivity contribution in [2.24, 2.45) is 0 Å². The van der Waals surface area contributed by atoms with Crippen LogP contribution in [0.2, 0.25) is 0 Å². The minimum absolute atomic E-state index is 0.0116. The highest BCUT2D eigenvalue weighted by Gasteiger charge is 2.13. The van der Waals surface area contributed by atoms with E-state index >= 15 is 0 Å². The first-order chi connectivity index (χ1) is 17.5. The summed E-state index contributed by atoms with van der Waals surface area (Å²) in [7, 11) is -3.83. The smallest absolute Gasteiger partial charge is 0.325 e. The zero-order chi connectivity index (χ0) is 25.9. The molecule has 0 amide bonds. The number of hydrogen-bond acceptors (Lipinski definition) is 3. The molecule has 2 N–H and O–H groups in total. The normalized spacial score (nSPS) is 11.4. The second-order valence-electron chi connectivity index (χ2n) is 9.40. The number of allylic oxidation sites excluding steroid dienone is 1. The van der Waals surface area contributed by atoms with Crippen LogP contribution in [0.15, 0.2) is 61.2 Å². The summed E-state index contributed by atoms with van der Waals surface area (Å²) in [5.74, 6) is 1.75. The summed E-state index contributed by atoms with van der Waals surface area (Å²) >= 11 is 0. The Kier molecular flexibility index (Phi) is 15.3. The van der Waals surface area contributed by atoms with Crippen molar-refractivity contribution < 1.29 is 23.8 Å². The molecule has 0 aliphatic rings. The summed E-state index contributed by atoms with van der Waals surface area (Å²) in [6.07, 6.45) is 15.8. The number of unbranched alkanes of at least 4 members (excludes halogenated alkanes) is 11. The molecule has 0 aliphatic carbocycles. The maximum Gasteiger partial charge on any atom is 0.325 e. The molecule has 0 aliphatic heterocycles. The highest BCUT2D eigenvalue weighted by atomic mass is 31.2. The predicted molar refractivity (Wildman–Crippen MR) is 150 cm³/mol. The van der Waals surface area contributed by atoms with Crippen LogP contribution < -0.4 is 9.47 Å². The van der Waals surface area contributed by atoms with E-state index in [2.05, 4.69) is 18.7 Å². The first-order valence-corrected chi connectivity index (χ1v) is 15.4. The van der Waals surface area contributed by atoms with Crippen LogP contribution in [0, 0.1) is 0 Å². The molecule has 2 rings (SSSR count). The average molecular weight is 517 g/mol. The van der Waals surface area contributed by atoms with Crippen molar-refractivity contribution in [3.8, 4) is 22.6 Å². The Morgan fingerprint density at radius 1 is 0.667 bits per heavy atom. The standard InChI is InChI=1S/C30H45O5P/c1-2-3-4-5-10-16-24-34-28-22-19-23-29(30(28)27-20-14-13-15-21-27)35-25-17-11-8-6-7-9-12-18-26-36(31,32)33/h2,13-15,19-23H,1,3-12,16-18,24-26H2,(H2,31,32,33). The van der Waals surface area contributed by atoms with Crippen molar-refractivity contribution in [1.82, 2.24) is 0 Å². The first kappa shape index (κ1) is 30.2. The van der Waals surface area contributed by atoms with Crippen LogP contribution in [-0.4, -0.2) is 29.2 Å². The molecule has 0 radical (unpaired) electrons. The fourth-order valence-electron chi connectivity index (χ4n) is 4.23. The van der Waals surface area contributed by atoms with Crippen molar-refractivity contribution in [3.05, 3.63) is 61.2 Å². The molecule has 5 nitrogen and oxygen atoms in total. The van der Waals surface area contributed by atoms with E-state index in [-0.39, 0.29) is 6.16 Å². The quantitative estimate of drug-likeness (QED) is 0.0987. The van der Waals surface area contributed by atoms with Crippen molar-refractivity contribution in [1.29, 1.82) is 0 Å². The fraction of sp³-hybridized carbons (Fsp3) is 0.533. The van der Waals surface area contributed by atoms with Crippen molar-refractivity contribution in [2.75, 3.05) is 19.4 Å². The van der Waals surface area contributed by atoms with Gasteiger partial charge in [0.05, 0.1) is 18.8 Å². The Labute approximate surface area is 218 Å². The van der Waals surface area contributed by atoms with Gasteiger partial charge in [0.25, 0.3) is 0 Å². The van der Waals surface area contributed by atoms with E-state index in [0.717, 1.165) is 86.8 Å².